The summed E-state index contributed by atoms with van der Waals surface area (Å²) in [6.07, 6.45) is 1.62. The van der Waals surface area contributed by atoms with Crippen LogP contribution in [0.1, 0.15) is 18.9 Å². The van der Waals surface area contributed by atoms with Crippen molar-refractivity contribution in [3.05, 3.63) is 65.7 Å². The molecule has 0 fully saturated rings. The van der Waals surface area contributed by atoms with Gasteiger partial charge in [-0.25, -0.2) is 13.6 Å². The topological polar surface area (TPSA) is 41.1 Å². The highest BCUT2D eigenvalue weighted by molar-refractivity contribution is 5.89. The van der Waals surface area contributed by atoms with E-state index < -0.39 is 17.7 Å². The van der Waals surface area contributed by atoms with Gasteiger partial charge in [0.1, 0.15) is 11.6 Å². The lowest BCUT2D eigenvalue weighted by Crippen LogP contribution is -2.36. The van der Waals surface area contributed by atoms with Crippen molar-refractivity contribution in [3.63, 3.8) is 0 Å². The molecule has 2 amide bonds. The van der Waals surface area contributed by atoms with E-state index in [4.69, 9.17) is 0 Å². The van der Waals surface area contributed by atoms with E-state index in [0.717, 1.165) is 31.0 Å². The second-order valence-electron chi connectivity index (χ2n) is 5.18. The van der Waals surface area contributed by atoms with Crippen LogP contribution in [0.3, 0.4) is 0 Å². The monoisotopic (exact) mass is 304 g/mol. The van der Waals surface area contributed by atoms with Crippen LogP contribution in [0, 0.1) is 11.6 Å². The van der Waals surface area contributed by atoms with Crippen LogP contribution in [-0.2, 0) is 6.42 Å². The van der Waals surface area contributed by atoms with Crippen molar-refractivity contribution >= 4 is 11.7 Å². The summed E-state index contributed by atoms with van der Waals surface area (Å²) in [7, 11) is 0. The molecule has 1 unspecified atom stereocenters. The largest absolute Gasteiger partial charge is 0.335 e. The van der Waals surface area contributed by atoms with Gasteiger partial charge in [-0.2, -0.15) is 0 Å². The summed E-state index contributed by atoms with van der Waals surface area (Å²) in [5.41, 5.74) is 1.29. The van der Waals surface area contributed by atoms with Gasteiger partial charge in [0, 0.05) is 17.8 Å². The second-order valence-corrected chi connectivity index (χ2v) is 5.18. The molecule has 0 aromatic heterocycles. The molecule has 1 atom stereocenters. The van der Waals surface area contributed by atoms with Crippen molar-refractivity contribution < 1.29 is 13.6 Å². The second kappa shape index (κ2) is 7.54. The van der Waals surface area contributed by atoms with Crippen LogP contribution < -0.4 is 10.6 Å². The highest BCUT2D eigenvalue weighted by Gasteiger charge is 2.09. The van der Waals surface area contributed by atoms with Gasteiger partial charge in [-0.15, -0.1) is 0 Å². The highest BCUT2D eigenvalue weighted by Crippen LogP contribution is 2.12. The minimum atomic E-state index is -0.729. The summed E-state index contributed by atoms with van der Waals surface area (Å²) in [5.74, 6) is -1.46. The van der Waals surface area contributed by atoms with E-state index in [9.17, 15) is 13.6 Å². The number of hydrogen-bond donors (Lipinski definition) is 2. The number of carbonyl (C=O) groups is 1. The highest BCUT2D eigenvalue weighted by atomic mass is 19.1. The zero-order valence-electron chi connectivity index (χ0n) is 12.3. The lowest BCUT2D eigenvalue weighted by atomic mass is 10.1. The SMILES string of the molecule is CC(CCc1ccccc1)NC(=O)Nc1cc(F)cc(F)c1. The summed E-state index contributed by atoms with van der Waals surface area (Å²) in [5, 5.41) is 5.17. The minimum absolute atomic E-state index is 0.0568. The summed E-state index contributed by atoms with van der Waals surface area (Å²) in [6.45, 7) is 1.88. The van der Waals surface area contributed by atoms with Crippen LogP contribution in [0.4, 0.5) is 19.3 Å². The van der Waals surface area contributed by atoms with Crippen LogP contribution in [0.5, 0.6) is 0 Å². The number of halogens is 2. The number of carbonyl (C=O) groups excluding carboxylic acids is 1. The van der Waals surface area contributed by atoms with E-state index in [-0.39, 0.29) is 11.7 Å². The van der Waals surface area contributed by atoms with Gasteiger partial charge < -0.3 is 10.6 Å². The molecule has 2 aromatic rings. The molecule has 5 heteroatoms. The summed E-state index contributed by atoms with van der Waals surface area (Å²) >= 11 is 0. The maximum atomic E-state index is 13.0. The Morgan fingerprint density at radius 1 is 1.09 bits per heavy atom. The molecule has 0 aliphatic carbocycles. The Morgan fingerprint density at radius 3 is 2.36 bits per heavy atom. The van der Waals surface area contributed by atoms with Gasteiger partial charge in [-0.3, -0.25) is 0 Å². The Hall–Kier alpha value is -2.43. The molecule has 0 heterocycles. The first-order valence-electron chi connectivity index (χ1n) is 7.10. The zero-order valence-corrected chi connectivity index (χ0v) is 12.3. The Bertz CT molecular complexity index is 612. The molecule has 0 radical (unpaired) electrons. The normalized spacial score (nSPS) is 11.8. The van der Waals surface area contributed by atoms with E-state index in [1.54, 1.807) is 0 Å². The molecule has 0 aliphatic heterocycles. The molecule has 2 rings (SSSR count). The van der Waals surface area contributed by atoms with Gasteiger partial charge in [0.05, 0.1) is 0 Å². The number of anilines is 1. The molecular formula is C17H18F2N2O. The van der Waals surface area contributed by atoms with E-state index in [1.807, 2.05) is 37.3 Å². The van der Waals surface area contributed by atoms with E-state index >= 15 is 0 Å². The predicted molar refractivity (Wildman–Crippen MR) is 82.7 cm³/mol. The molecule has 2 aromatic carbocycles. The Kier molecular flexibility index (Phi) is 5.47. The van der Waals surface area contributed by atoms with E-state index in [0.29, 0.717) is 0 Å². The third kappa shape index (κ3) is 5.16. The lowest BCUT2D eigenvalue weighted by Gasteiger charge is -2.14. The third-order valence-corrected chi connectivity index (χ3v) is 3.21. The molecule has 0 saturated heterocycles. The smallest absolute Gasteiger partial charge is 0.319 e. The Labute approximate surface area is 128 Å². The van der Waals surface area contributed by atoms with Crippen molar-refractivity contribution in [2.24, 2.45) is 0 Å². The average Bonchev–Trinajstić information content (AvgIpc) is 2.45. The quantitative estimate of drug-likeness (QED) is 0.857. The molecule has 22 heavy (non-hydrogen) atoms. The average molecular weight is 304 g/mol. The standard InChI is InChI=1S/C17H18F2N2O/c1-12(7-8-13-5-3-2-4-6-13)20-17(22)21-16-10-14(18)9-15(19)11-16/h2-6,9-12H,7-8H2,1H3,(H2,20,21,22). The number of benzene rings is 2. The molecule has 0 saturated carbocycles. The fourth-order valence-electron chi connectivity index (χ4n) is 2.12. The Morgan fingerprint density at radius 2 is 1.73 bits per heavy atom. The molecular weight excluding hydrogens is 286 g/mol. The fraction of sp³-hybridized carbons (Fsp3) is 0.235. The first-order chi connectivity index (χ1) is 10.5. The predicted octanol–water partition coefficient (Wildman–Crippen LogP) is 4.11. The Balaban J connectivity index is 1.81. The van der Waals surface area contributed by atoms with Gasteiger partial charge >= 0.3 is 6.03 Å². The van der Waals surface area contributed by atoms with E-state index in [1.165, 1.54) is 5.56 Å². The summed E-state index contributed by atoms with van der Waals surface area (Å²) < 4.78 is 26.1. The van der Waals surface area contributed by atoms with Crippen LogP contribution in [0.2, 0.25) is 0 Å². The third-order valence-electron chi connectivity index (χ3n) is 3.21. The van der Waals surface area contributed by atoms with Gasteiger partial charge in [-0.05, 0) is 37.5 Å². The van der Waals surface area contributed by atoms with Crippen molar-refractivity contribution in [1.29, 1.82) is 0 Å². The number of aryl methyl sites for hydroxylation is 1. The maximum Gasteiger partial charge on any atom is 0.319 e. The summed E-state index contributed by atoms with van der Waals surface area (Å²) in [6, 6.07) is 12.3. The first kappa shape index (κ1) is 15.9. The zero-order chi connectivity index (χ0) is 15.9. The summed E-state index contributed by atoms with van der Waals surface area (Å²) in [4.78, 5) is 11.8. The van der Waals surface area contributed by atoms with Crippen LogP contribution in [-0.4, -0.2) is 12.1 Å². The molecule has 2 N–H and O–H groups in total. The minimum Gasteiger partial charge on any atom is -0.335 e. The number of hydrogen-bond acceptors (Lipinski definition) is 1. The van der Waals surface area contributed by atoms with Gasteiger partial charge in [0.25, 0.3) is 0 Å². The number of nitrogens with one attached hydrogen (secondary N) is 2. The number of amides is 2. The van der Waals surface area contributed by atoms with Crippen molar-refractivity contribution in [1.82, 2.24) is 5.32 Å². The van der Waals surface area contributed by atoms with Crippen LogP contribution in [0.25, 0.3) is 0 Å². The molecule has 0 spiro atoms. The fourth-order valence-corrected chi connectivity index (χ4v) is 2.12. The van der Waals surface area contributed by atoms with Gasteiger partial charge in [0.2, 0.25) is 0 Å². The molecule has 3 nitrogen and oxygen atoms in total. The van der Waals surface area contributed by atoms with E-state index in [2.05, 4.69) is 10.6 Å². The van der Waals surface area contributed by atoms with Crippen LogP contribution in [0.15, 0.2) is 48.5 Å². The molecule has 0 aliphatic rings. The number of urea groups is 1. The first-order valence-corrected chi connectivity index (χ1v) is 7.10. The molecule has 0 bridgehead atoms. The lowest BCUT2D eigenvalue weighted by molar-refractivity contribution is 0.248. The molecule has 116 valence electrons. The van der Waals surface area contributed by atoms with Crippen molar-refractivity contribution in [2.45, 2.75) is 25.8 Å². The van der Waals surface area contributed by atoms with Gasteiger partial charge in [0.15, 0.2) is 0 Å². The van der Waals surface area contributed by atoms with Crippen molar-refractivity contribution in [3.8, 4) is 0 Å². The maximum absolute atomic E-state index is 13.0. The van der Waals surface area contributed by atoms with Crippen molar-refractivity contribution in [2.75, 3.05) is 5.32 Å². The van der Waals surface area contributed by atoms with Gasteiger partial charge in [-0.1, -0.05) is 30.3 Å². The van der Waals surface area contributed by atoms with Crippen LogP contribution >= 0.6 is 0 Å². The number of rotatable bonds is 5.